The highest BCUT2D eigenvalue weighted by Crippen LogP contribution is 2.32. The summed E-state index contributed by atoms with van der Waals surface area (Å²) < 4.78 is 65.1. The first-order chi connectivity index (χ1) is 9.56. The molecule has 2 aromatic rings. The Labute approximate surface area is 118 Å². The molecule has 0 amide bonds. The second-order valence-corrected chi connectivity index (χ2v) is 7.02. The third kappa shape index (κ3) is 3.94. The third-order valence-corrected chi connectivity index (χ3v) is 3.83. The van der Waals surface area contributed by atoms with E-state index in [0.717, 1.165) is 24.5 Å². The van der Waals surface area contributed by atoms with E-state index in [1.54, 1.807) is 0 Å². The van der Waals surface area contributed by atoms with Crippen molar-refractivity contribution in [3.05, 3.63) is 29.7 Å². The minimum Gasteiger partial charge on any atom is -0.439 e. The van der Waals surface area contributed by atoms with E-state index in [1.165, 1.54) is 0 Å². The van der Waals surface area contributed by atoms with Crippen LogP contribution in [0.1, 0.15) is 23.9 Å². The molecule has 21 heavy (non-hydrogen) atoms. The van der Waals surface area contributed by atoms with Gasteiger partial charge < -0.3 is 10.2 Å². The van der Waals surface area contributed by atoms with Gasteiger partial charge in [0.15, 0.2) is 5.58 Å². The molecular weight excluding hydrogens is 309 g/mol. The van der Waals surface area contributed by atoms with Crippen molar-refractivity contribution in [1.29, 1.82) is 0 Å². The third-order valence-electron chi connectivity index (χ3n) is 2.85. The molecule has 0 saturated carbocycles. The fraction of sp³-hybridized carbons (Fsp3) is 0.417. The van der Waals surface area contributed by atoms with Crippen molar-refractivity contribution < 1.29 is 26.0 Å². The van der Waals surface area contributed by atoms with Gasteiger partial charge in [0.2, 0.25) is 5.89 Å². The average molecular weight is 322 g/mol. The first-order valence-corrected chi connectivity index (χ1v) is 8.03. The topological polar surface area (TPSA) is 86.2 Å². The second kappa shape index (κ2) is 5.30. The van der Waals surface area contributed by atoms with E-state index in [0.29, 0.717) is 0 Å². The van der Waals surface area contributed by atoms with Crippen molar-refractivity contribution in [3.8, 4) is 0 Å². The standard InChI is InChI=1S/C12H13F3N2O3S/c1-21(18,19)5-4-8(16)11-17-9-6-7(12(13,14)15)2-3-10(9)20-11/h2-3,6,8H,4-5,16H2,1H3. The van der Waals surface area contributed by atoms with Gasteiger partial charge in [-0.25, -0.2) is 13.4 Å². The average Bonchev–Trinajstić information content (AvgIpc) is 2.76. The van der Waals surface area contributed by atoms with E-state index in [9.17, 15) is 21.6 Å². The van der Waals surface area contributed by atoms with Gasteiger partial charge in [0.05, 0.1) is 17.4 Å². The van der Waals surface area contributed by atoms with Gasteiger partial charge in [0.1, 0.15) is 15.4 Å². The van der Waals surface area contributed by atoms with Crippen LogP contribution in [0.4, 0.5) is 13.2 Å². The zero-order valence-electron chi connectivity index (χ0n) is 11.0. The van der Waals surface area contributed by atoms with E-state index >= 15 is 0 Å². The summed E-state index contributed by atoms with van der Waals surface area (Å²) in [6.45, 7) is 0. The lowest BCUT2D eigenvalue weighted by molar-refractivity contribution is -0.137. The molecular formula is C12H13F3N2O3S. The van der Waals surface area contributed by atoms with Crippen molar-refractivity contribution in [1.82, 2.24) is 4.98 Å². The van der Waals surface area contributed by atoms with Crippen molar-refractivity contribution in [2.45, 2.75) is 18.6 Å². The summed E-state index contributed by atoms with van der Waals surface area (Å²) in [6, 6.07) is 2.13. The molecule has 0 fully saturated rings. The summed E-state index contributed by atoms with van der Waals surface area (Å²) in [4.78, 5) is 3.90. The molecule has 5 nitrogen and oxygen atoms in total. The van der Waals surface area contributed by atoms with Crippen LogP contribution >= 0.6 is 0 Å². The molecule has 2 N–H and O–H groups in total. The molecule has 1 unspecified atom stereocenters. The summed E-state index contributed by atoms with van der Waals surface area (Å²) in [6.07, 6.45) is -3.31. The van der Waals surface area contributed by atoms with Crippen LogP contribution in [0.5, 0.6) is 0 Å². The first-order valence-electron chi connectivity index (χ1n) is 5.97. The number of nitrogens with zero attached hydrogens (tertiary/aromatic N) is 1. The highest BCUT2D eigenvalue weighted by Gasteiger charge is 2.31. The Morgan fingerprint density at radius 3 is 2.62 bits per heavy atom. The number of hydrogen-bond donors (Lipinski definition) is 1. The summed E-state index contributed by atoms with van der Waals surface area (Å²) >= 11 is 0. The second-order valence-electron chi connectivity index (χ2n) is 4.76. The molecule has 2 rings (SSSR count). The molecule has 1 aromatic heterocycles. The van der Waals surface area contributed by atoms with Gasteiger partial charge in [0, 0.05) is 6.26 Å². The van der Waals surface area contributed by atoms with Crippen LogP contribution in [0.25, 0.3) is 11.1 Å². The molecule has 0 aliphatic rings. The van der Waals surface area contributed by atoms with Crippen molar-refractivity contribution in [2.24, 2.45) is 5.73 Å². The van der Waals surface area contributed by atoms with Gasteiger partial charge >= 0.3 is 6.18 Å². The minimum absolute atomic E-state index is 0.0213. The lowest BCUT2D eigenvalue weighted by Gasteiger charge is -2.05. The van der Waals surface area contributed by atoms with Crippen LogP contribution in [0, 0.1) is 0 Å². The Hall–Kier alpha value is -1.61. The number of hydrogen-bond acceptors (Lipinski definition) is 5. The van der Waals surface area contributed by atoms with E-state index in [1.807, 2.05) is 0 Å². The lowest BCUT2D eigenvalue weighted by Crippen LogP contribution is -2.15. The monoisotopic (exact) mass is 322 g/mol. The molecule has 0 spiro atoms. The number of oxazole rings is 1. The number of alkyl halides is 3. The molecule has 0 aliphatic carbocycles. The number of sulfone groups is 1. The first kappa shape index (κ1) is 15.8. The predicted molar refractivity (Wildman–Crippen MR) is 70.3 cm³/mol. The van der Waals surface area contributed by atoms with Crippen LogP contribution in [-0.2, 0) is 16.0 Å². The van der Waals surface area contributed by atoms with E-state index < -0.39 is 27.6 Å². The summed E-state index contributed by atoms with van der Waals surface area (Å²) in [7, 11) is -3.18. The smallest absolute Gasteiger partial charge is 0.416 e. The van der Waals surface area contributed by atoms with Gasteiger partial charge in [-0.05, 0) is 24.6 Å². The zero-order chi connectivity index (χ0) is 15.8. The van der Waals surface area contributed by atoms with E-state index in [-0.39, 0.29) is 29.2 Å². The number of benzene rings is 1. The Kier molecular flexibility index (Phi) is 3.98. The highest BCUT2D eigenvalue weighted by atomic mass is 32.2. The maximum atomic E-state index is 12.6. The summed E-state index contributed by atoms with van der Waals surface area (Å²) in [5, 5.41) is 0. The predicted octanol–water partition coefficient (Wildman–Crippen LogP) is 2.28. The molecule has 1 heterocycles. The number of halogens is 3. The maximum Gasteiger partial charge on any atom is 0.416 e. The number of fused-ring (bicyclic) bond motifs is 1. The molecule has 0 radical (unpaired) electrons. The van der Waals surface area contributed by atoms with Gasteiger partial charge in [-0.3, -0.25) is 0 Å². The quantitative estimate of drug-likeness (QED) is 0.933. The molecule has 0 aliphatic heterocycles. The maximum absolute atomic E-state index is 12.6. The molecule has 1 atom stereocenters. The lowest BCUT2D eigenvalue weighted by atomic mass is 10.2. The van der Waals surface area contributed by atoms with Crippen molar-refractivity contribution in [2.75, 3.05) is 12.0 Å². The van der Waals surface area contributed by atoms with Gasteiger partial charge in [-0.15, -0.1) is 0 Å². The molecule has 1 aromatic carbocycles. The van der Waals surface area contributed by atoms with E-state index in [4.69, 9.17) is 10.2 Å². The molecule has 0 saturated heterocycles. The Morgan fingerprint density at radius 1 is 1.38 bits per heavy atom. The summed E-state index contributed by atoms with van der Waals surface area (Å²) in [5.41, 5.74) is 5.12. The molecule has 9 heteroatoms. The Bertz CT molecular complexity index is 753. The van der Waals surface area contributed by atoms with Crippen LogP contribution in [0.3, 0.4) is 0 Å². The Balaban J connectivity index is 2.26. The van der Waals surface area contributed by atoms with Gasteiger partial charge in [-0.2, -0.15) is 13.2 Å². The highest BCUT2D eigenvalue weighted by molar-refractivity contribution is 7.90. The number of aromatic nitrogens is 1. The normalized spacial score (nSPS) is 14.5. The van der Waals surface area contributed by atoms with Crippen LogP contribution in [-0.4, -0.2) is 25.4 Å². The Morgan fingerprint density at radius 2 is 2.05 bits per heavy atom. The zero-order valence-corrected chi connectivity index (χ0v) is 11.8. The number of rotatable bonds is 4. The van der Waals surface area contributed by atoms with Crippen LogP contribution < -0.4 is 5.73 Å². The van der Waals surface area contributed by atoms with Crippen LogP contribution in [0.15, 0.2) is 22.6 Å². The van der Waals surface area contributed by atoms with Crippen molar-refractivity contribution in [3.63, 3.8) is 0 Å². The largest absolute Gasteiger partial charge is 0.439 e. The number of nitrogens with two attached hydrogens (primary N) is 1. The van der Waals surface area contributed by atoms with Gasteiger partial charge in [-0.1, -0.05) is 0 Å². The van der Waals surface area contributed by atoms with Gasteiger partial charge in [0.25, 0.3) is 0 Å². The van der Waals surface area contributed by atoms with Crippen molar-refractivity contribution >= 4 is 20.9 Å². The SMILES string of the molecule is CS(=O)(=O)CCC(N)c1nc2cc(C(F)(F)F)ccc2o1. The molecule has 0 bridgehead atoms. The van der Waals surface area contributed by atoms with E-state index in [2.05, 4.69) is 4.98 Å². The summed E-state index contributed by atoms with van der Waals surface area (Å²) in [5.74, 6) is -0.131. The fourth-order valence-electron chi connectivity index (χ4n) is 1.74. The minimum atomic E-state index is -4.47. The fourth-order valence-corrected chi connectivity index (χ4v) is 2.43. The van der Waals surface area contributed by atoms with Crippen LogP contribution in [0.2, 0.25) is 0 Å². The molecule has 116 valence electrons.